The van der Waals surface area contributed by atoms with E-state index in [4.69, 9.17) is 15.6 Å². The van der Waals surface area contributed by atoms with Crippen LogP contribution in [0.3, 0.4) is 0 Å². The van der Waals surface area contributed by atoms with Gasteiger partial charge in [-0.2, -0.15) is 0 Å². The maximum atomic E-state index is 14.6. The van der Waals surface area contributed by atoms with Gasteiger partial charge >= 0.3 is 0 Å². The van der Waals surface area contributed by atoms with Gasteiger partial charge in [-0.3, -0.25) is 0 Å². The predicted octanol–water partition coefficient (Wildman–Crippen LogP) is 1.82. The topological polar surface area (TPSA) is 81.3 Å². The number of nitrogen functional groups attached to an aromatic ring is 1. The van der Waals surface area contributed by atoms with Crippen LogP contribution < -0.4 is 5.73 Å². The first-order valence-corrected chi connectivity index (χ1v) is 6.83. The molecule has 19 heavy (non-hydrogen) atoms. The minimum atomic E-state index is -1.52. The number of ether oxygens (including phenoxy) is 1. The van der Waals surface area contributed by atoms with Crippen molar-refractivity contribution in [3.63, 3.8) is 0 Å². The van der Waals surface area contributed by atoms with E-state index in [0.29, 0.717) is 21.6 Å². The number of nitrogens with zero attached hydrogens (tertiary/aromatic N) is 2. The molecule has 0 amide bonds. The zero-order chi connectivity index (χ0) is 13.6. The monoisotopic (exact) mass is 283 g/mol. The SMILES string of the molecule is CC1(F)CC(CO)OC1c1scc2c(N)ncnc12. The van der Waals surface area contributed by atoms with Gasteiger partial charge in [-0.1, -0.05) is 0 Å². The van der Waals surface area contributed by atoms with Crippen LogP contribution >= 0.6 is 11.3 Å². The lowest BCUT2D eigenvalue weighted by Crippen LogP contribution is -2.22. The Kier molecular flexibility index (Phi) is 2.92. The third-order valence-electron chi connectivity index (χ3n) is 3.40. The van der Waals surface area contributed by atoms with Crippen LogP contribution in [0.4, 0.5) is 10.2 Å². The van der Waals surface area contributed by atoms with Crippen LogP contribution in [0.1, 0.15) is 24.3 Å². The van der Waals surface area contributed by atoms with Crippen LogP contribution in [-0.4, -0.2) is 33.5 Å². The Morgan fingerprint density at radius 2 is 2.42 bits per heavy atom. The zero-order valence-electron chi connectivity index (χ0n) is 10.3. The summed E-state index contributed by atoms with van der Waals surface area (Å²) in [6.45, 7) is 1.31. The van der Waals surface area contributed by atoms with Gasteiger partial charge in [0.1, 0.15) is 23.9 Å². The molecule has 1 saturated heterocycles. The quantitative estimate of drug-likeness (QED) is 0.878. The fourth-order valence-corrected chi connectivity index (χ4v) is 3.64. The summed E-state index contributed by atoms with van der Waals surface area (Å²) < 4.78 is 20.2. The number of hydrogen-bond donors (Lipinski definition) is 2. The maximum Gasteiger partial charge on any atom is 0.141 e. The van der Waals surface area contributed by atoms with Gasteiger partial charge in [-0.05, 0) is 6.92 Å². The Morgan fingerprint density at radius 1 is 1.63 bits per heavy atom. The molecule has 5 nitrogen and oxygen atoms in total. The number of nitrogens with two attached hydrogens (primary N) is 1. The Bertz CT molecular complexity index is 616. The first-order chi connectivity index (χ1) is 9.03. The third kappa shape index (κ3) is 1.98. The summed E-state index contributed by atoms with van der Waals surface area (Å²) in [5.74, 6) is 0.379. The molecule has 1 fully saturated rings. The molecular weight excluding hydrogens is 269 g/mol. The second kappa shape index (κ2) is 4.36. The molecule has 102 valence electrons. The maximum absolute atomic E-state index is 14.6. The average Bonchev–Trinajstić information content (AvgIpc) is 2.90. The van der Waals surface area contributed by atoms with E-state index >= 15 is 0 Å². The molecule has 1 aliphatic rings. The lowest BCUT2D eigenvalue weighted by atomic mass is 9.96. The number of anilines is 1. The number of aliphatic hydroxyl groups excluding tert-OH is 1. The largest absolute Gasteiger partial charge is 0.394 e. The van der Waals surface area contributed by atoms with Crippen LogP contribution in [0, 0.1) is 0 Å². The Hall–Kier alpha value is -1.31. The summed E-state index contributed by atoms with van der Waals surface area (Å²) in [6, 6.07) is 0. The summed E-state index contributed by atoms with van der Waals surface area (Å²) in [7, 11) is 0. The van der Waals surface area contributed by atoms with Gasteiger partial charge in [0.05, 0.1) is 28.5 Å². The minimum Gasteiger partial charge on any atom is -0.394 e. The highest BCUT2D eigenvalue weighted by Crippen LogP contribution is 2.47. The fraction of sp³-hybridized carbons (Fsp3) is 0.500. The van der Waals surface area contributed by atoms with Crippen LogP contribution in [0.25, 0.3) is 10.9 Å². The number of hydrogen-bond acceptors (Lipinski definition) is 6. The summed E-state index contributed by atoms with van der Waals surface area (Å²) in [6.07, 6.45) is 0.341. The first kappa shape index (κ1) is 12.7. The van der Waals surface area contributed by atoms with E-state index in [0.717, 1.165) is 0 Å². The number of rotatable bonds is 2. The van der Waals surface area contributed by atoms with Gasteiger partial charge in [0.2, 0.25) is 0 Å². The molecule has 2 aromatic heterocycles. The van der Waals surface area contributed by atoms with E-state index < -0.39 is 17.9 Å². The first-order valence-electron chi connectivity index (χ1n) is 5.95. The van der Waals surface area contributed by atoms with E-state index in [1.807, 2.05) is 5.38 Å². The Balaban J connectivity index is 2.07. The number of aromatic nitrogens is 2. The van der Waals surface area contributed by atoms with Gasteiger partial charge in [0.15, 0.2) is 0 Å². The molecule has 3 unspecified atom stereocenters. The van der Waals surface area contributed by atoms with E-state index in [1.165, 1.54) is 24.6 Å². The lowest BCUT2D eigenvalue weighted by Gasteiger charge is -2.20. The molecule has 3 N–H and O–H groups in total. The normalized spacial score (nSPS) is 31.1. The molecule has 0 saturated carbocycles. The highest BCUT2D eigenvalue weighted by molar-refractivity contribution is 7.11. The second-order valence-corrected chi connectivity index (χ2v) is 5.84. The zero-order valence-corrected chi connectivity index (χ0v) is 11.2. The van der Waals surface area contributed by atoms with Crippen molar-refractivity contribution < 1.29 is 14.2 Å². The lowest BCUT2D eigenvalue weighted by molar-refractivity contribution is -0.0138. The van der Waals surface area contributed by atoms with E-state index in [9.17, 15) is 4.39 Å². The van der Waals surface area contributed by atoms with E-state index in [-0.39, 0.29) is 13.0 Å². The number of fused-ring (bicyclic) bond motifs is 1. The van der Waals surface area contributed by atoms with Crippen LogP contribution in [0.5, 0.6) is 0 Å². The second-order valence-electron chi connectivity index (χ2n) is 4.92. The molecule has 0 aliphatic carbocycles. The number of alkyl halides is 1. The van der Waals surface area contributed by atoms with E-state index in [2.05, 4.69) is 9.97 Å². The van der Waals surface area contributed by atoms with Crippen molar-refractivity contribution in [3.05, 3.63) is 16.6 Å². The summed E-state index contributed by atoms with van der Waals surface area (Å²) in [5.41, 5.74) is 4.88. The van der Waals surface area contributed by atoms with Crippen LogP contribution in [0.2, 0.25) is 0 Å². The summed E-state index contributed by atoms with van der Waals surface area (Å²) in [4.78, 5) is 8.79. The van der Waals surface area contributed by atoms with Crippen molar-refractivity contribution in [1.29, 1.82) is 0 Å². The van der Waals surface area contributed by atoms with Gasteiger partial charge in [-0.15, -0.1) is 11.3 Å². The van der Waals surface area contributed by atoms with E-state index in [1.54, 1.807) is 0 Å². The highest BCUT2D eigenvalue weighted by atomic mass is 32.1. The molecule has 3 heterocycles. The van der Waals surface area contributed by atoms with Crippen molar-refractivity contribution in [2.75, 3.05) is 12.3 Å². The molecule has 3 rings (SSSR count). The molecule has 1 aliphatic heterocycles. The van der Waals surface area contributed by atoms with Crippen molar-refractivity contribution in [2.45, 2.75) is 31.2 Å². The third-order valence-corrected chi connectivity index (χ3v) is 4.41. The summed E-state index contributed by atoms with van der Waals surface area (Å²) in [5, 5.41) is 11.7. The smallest absolute Gasteiger partial charge is 0.141 e. The Labute approximate surface area is 113 Å². The summed E-state index contributed by atoms with van der Waals surface area (Å²) >= 11 is 1.36. The highest BCUT2D eigenvalue weighted by Gasteiger charge is 2.47. The van der Waals surface area contributed by atoms with Crippen molar-refractivity contribution in [3.8, 4) is 0 Å². The molecule has 0 spiro atoms. The minimum absolute atomic E-state index is 0.175. The molecule has 7 heteroatoms. The van der Waals surface area contributed by atoms with Crippen LogP contribution in [0.15, 0.2) is 11.7 Å². The molecule has 3 atom stereocenters. The van der Waals surface area contributed by atoms with Gasteiger partial charge in [0, 0.05) is 11.8 Å². The molecular formula is C12H14FN3O2S. The molecule has 0 bridgehead atoms. The standard InChI is InChI=1S/C12H14FN3O2S/c1-12(13)2-6(3-17)18-10(12)9-8-7(4-19-9)11(14)16-5-15-8/h4-6,10,17H,2-3H2,1H3,(H2,14,15,16). The molecule has 2 aromatic rings. The van der Waals surface area contributed by atoms with Crippen LogP contribution in [-0.2, 0) is 4.74 Å². The van der Waals surface area contributed by atoms with Crippen molar-refractivity contribution in [1.82, 2.24) is 9.97 Å². The van der Waals surface area contributed by atoms with Crippen molar-refractivity contribution >= 4 is 28.1 Å². The van der Waals surface area contributed by atoms with Gasteiger partial charge in [0.25, 0.3) is 0 Å². The average molecular weight is 283 g/mol. The Morgan fingerprint density at radius 3 is 3.11 bits per heavy atom. The van der Waals surface area contributed by atoms with Crippen molar-refractivity contribution in [2.24, 2.45) is 0 Å². The number of aliphatic hydroxyl groups is 1. The molecule has 0 radical (unpaired) electrons. The number of halogens is 1. The molecule has 0 aromatic carbocycles. The van der Waals surface area contributed by atoms with Gasteiger partial charge < -0.3 is 15.6 Å². The number of thiophene rings is 1. The van der Waals surface area contributed by atoms with Gasteiger partial charge in [-0.25, -0.2) is 14.4 Å². The fourth-order valence-electron chi connectivity index (χ4n) is 2.46. The predicted molar refractivity (Wildman–Crippen MR) is 70.7 cm³/mol.